The fourth-order valence-corrected chi connectivity index (χ4v) is 5.39. The van der Waals surface area contributed by atoms with Gasteiger partial charge < -0.3 is 0 Å². The third-order valence-electron chi connectivity index (χ3n) is 7.78. The second-order valence-corrected chi connectivity index (χ2v) is 9.32. The van der Waals surface area contributed by atoms with Crippen LogP contribution in [-0.2, 0) is 4.84 Å². The van der Waals surface area contributed by atoms with E-state index in [0.717, 1.165) is 12.8 Å². The monoisotopic (exact) mass is 372 g/mol. The van der Waals surface area contributed by atoms with Crippen LogP contribution in [0, 0.1) is 5.92 Å². The molecule has 0 N–H and O–H groups in total. The lowest BCUT2D eigenvalue weighted by atomic mass is 9.68. The van der Waals surface area contributed by atoms with E-state index in [1.807, 2.05) is 0 Å². The molecule has 27 heavy (non-hydrogen) atoms. The van der Waals surface area contributed by atoms with Gasteiger partial charge in [0.2, 0.25) is 0 Å². The summed E-state index contributed by atoms with van der Waals surface area (Å²) in [4.78, 5) is 9.55. The topological polar surface area (TPSA) is 15.7 Å². The van der Waals surface area contributed by atoms with Gasteiger partial charge in [-0.2, -0.15) is 5.06 Å². The molecule has 2 fully saturated rings. The maximum Gasteiger partial charge on any atom is 0.102 e. The average molecular weight is 373 g/mol. The smallest absolute Gasteiger partial charge is 0.102 e. The van der Waals surface area contributed by atoms with Crippen LogP contribution in [0.1, 0.15) is 85.3 Å². The van der Waals surface area contributed by atoms with Gasteiger partial charge >= 0.3 is 0 Å². The van der Waals surface area contributed by atoms with Crippen LogP contribution in [-0.4, -0.2) is 40.2 Å². The first-order valence-corrected chi connectivity index (χ1v) is 11.1. The van der Waals surface area contributed by atoms with Crippen molar-refractivity contribution in [3.63, 3.8) is 0 Å². The zero-order valence-corrected chi connectivity index (χ0v) is 18.4. The summed E-state index contributed by atoms with van der Waals surface area (Å²) in [5, 5.41) is 2.43. The van der Waals surface area contributed by atoms with Crippen LogP contribution in [0.15, 0.2) is 30.3 Å². The van der Waals surface area contributed by atoms with Crippen LogP contribution in [0.25, 0.3) is 0 Å². The first-order chi connectivity index (χ1) is 12.9. The van der Waals surface area contributed by atoms with Gasteiger partial charge in [-0.3, -0.25) is 9.74 Å². The summed E-state index contributed by atoms with van der Waals surface area (Å²) in [5.74, 6) is 0.586. The zero-order chi connectivity index (χ0) is 19.7. The highest BCUT2D eigenvalue weighted by Gasteiger charge is 2.55. The number of hydroxylamine groups is 2. The van der Waals surface area contributed by atoms with Crippen molar-refractivity contribution < 1.29 is 4.84 Å². The number of hydrogen-bond donors (Lipinski definition) is 0. The van der Waals surface area contributed by atoms with Gasteiger partial charge in [0.1, 0.15) is 6.10 Å². The van der Waals surface area contributed by atoms with E-state index in [-0.39, 0.29) is 17.2 Å². The quantitative estimate of drug-likeness (QED) is 0.625. The fourth-order valence-electron chi connectivity index (χ4n) is 5.39. The molecule has 1 aromatic carbocycles. The van der Waals surface area contributed by atoms with Gasteiger partial charge in [0, 0.05) is 17.1 Å². The molecule has 2 saturated heterocycles. The summed E-state index contributed by atoms with van der Waals surface area (Å²) in [6, 6.07) is 11.3. The Morgan fingerprint density at radius 3 is 2.26 bits per heavy atom. The Morgan fingerprint density at radius 2 is 1.70 bits per heavy atom. The Balaban J connectivity index is 1.90. The number of piperidine rings is 1. The number of nitrogens with zero attached hydrogens (tertiary/aromatic N) is 2. The molecule has 2 aliphatic rings. The first-order valence-electron chi connectivity index (χ1n) is 11.1. The fraction of sp³-hybridized carbons (Fsp3) is 0.750. The maximum atomic E-state index is 6.79. The van der Waals surface area contributed by atoms with Crippen molar-refractivity contribution in [2.24, 2.45) is 5.92 Å². The van der Waals surface area contributed by atoms with E-state index in [1.165, 1.54) is 37.9 Å². The highest BCUT2D eigenvalue weighted by molar-refractivity contribution is 5.17. The highest BCUT2D eigenvalue weighted by atomic mass is 16.7. The summed E-state index contributed by atoms with van der Waals surface area (Å²) < 4.78 is 0. The predicted octanol–water partition coefficient (Wildman–Crippen LogP) is 5.82. The molecule has 0 bridgehead atoms. The summed E-state index contributed by atoms with van der Waals surface area (Å²) in [6.07, 6.45) is 6.21. The van der Waals surface area contributed by atoms with E-state index in [9.17, 15) is 0 Å². The molecule has 0 amide bonds. The number of hydrogen-bond acceptors (Lipinski definition) is 3. The molecule has 0 aromatic heterocycles. The molecule has 5 atom stereocenters. The third kappa shape index (κ3) is 3.83. The lowest BCUT2D eigenvalue weighted by Gasteiger charge is -2.61. The Kier molecular flexibility index (Phi) is 6.34. The standard InChI is InChI=1S/C24H40N2O/c1-7-23(5)18-22(25-16-12-13-17-25)19(3)24(6,8-2)26(23)27-20(4)21-14-10-9-11-15-21/h9-11,14-15,19-20,22H,7-8,12-13,16-18H2,1-6H3. The molecule has 0 saturated carbocycles. The van der Waals surface area contributed by atoms with Gasteiger partial charge in [0.05, 0.1) is 0 Å². The number of benzene rings is 1. The van der Waals surface area contributed by atoms with Crippen LogP contribution in [0.3, 0.4) is 0 Å². The molecular formula is C24H40N2O. The average Bonchev–Trinajstić information content (AvgIpc) is 3.23. The van der Waals surface area contributed by atoms with Crippen molar-refractivity contribution in [3.05, 3.63) is 35.9 Å². The van der Waals surface area contributed by atoms with Crippen molar-refractivity contribution >= 4 is 0 Å². The number of likely N-dealkylation sites (tertiary alicyclic amines) is 1. The summed E-state index contributed by atoms with van der Waals surface area (Å²) in [6.45, 7) is 16.7. The van der Waals surface area contributed by atoms with E-state index in [4.69, 9.17) is 4.84 Å². The largest absolute Gasteiger partial charge is 0.300 e. The lowest BCUT2D eigenvalue weighted by Crippen LogP contribution is -2.69. The molecule has 5 unspecified atom stereocenters. The molecule has 3 nitrogen and oxygen atoms in total. The van der Waals surface area contributed by atoms with Crippen LogP contribution in [0.5, 0.6) is 0 Å². The van der Waals surface area contributed by atoms with Crippen molar-refractivity contribution in [1.29, 1.82) is 0 Å². The van der Waals surface area contributed by atoms with E-state index in [2.05, 4.69) is 81.8 Å². The minimum absolute atomic E-state index is 0.0410. The van der Waals surface area contributed by atoms with Gasteiger partial charge in [0.15, 0.2) is 0 Å². The third-order valence-corrected chi connectivity index (χ3v) is 7.78. The number of rotatable bonds is 6. The summed E-state index contributed by atoms with van der Waals surface area (Å²) in [5.41, 5.74) is 1.36. The Labute approximate surface area is 167 Å². The van der Waals surface area contributed by atoms with Crippen LogP contribution in [0.2, 0.25) is 0 Å². The van der Waals surface area contributed by atoms with Gasteiger partial charge in [-0.05, 0) is 77.4 Å². The predicted molar refractivity (Wildman–Crippen MR) is 114 cm³/mol. The van der Waals surface area contributed by atoms with Crippen LogP contribution < -0.4 is 0 Å². The molecule has 1 aromatic rings. The van der Waals surface area contributed by atoms with Crippen molar-refractivity contribution in [2.45, 2.75) is 96.9 Å². The van der Waals surface area contributed by atoms with Crippen molar-refractivity contribution in [3.8, 4) is 0 Å². The van der Waals surface area contributed by atoms with E-state index in [0.29, 0.717) is 12.0 Å². The minimum atomic E-state index is 0.0410. The van der Waals surface area contributed by atoms with Gasteiger partial charge in [-0.15, -0.1) is 0 Å². The van der Waals surface area contributed by atoms with Crippen LogP contribution in [0.4, 0.5) is 0 Å². The molecule has 0 radical (unpaired) electrons. The normalized spacial score (nSPS) is 36.8. The van der Waals surface area contributed by atoms with E-state index < -0.39 is 0 Å². The second-order valence-electron chi connectivity index (χ2n) is 9.32. The first kappa shape index (κ1) is 20.8. The maximum absolute atomic E-state index is 6.79. The molecular weight excluding hydrogens is 332 g/mol. The second kappa shape index (κ2) is 8.23. The minimum Gasteiger partial charge on any atom is -0.300 e. The van der Waals surface area contributed by atoms with Gasteiger partial charge in [-0.1, -0.05) is 51.1 Å². The SMILES string of the molecule is CCC1(C)CC(N2CCCC2)C(C)C(C)(CC)N1OC(C)c1ccccc1. The van der Waals surface area contributed by atoms with Gasteiger partial charge in [0.25, 0.3) is 0 Å². The Bertz CT molecular complexity index is 600. The summed E-state index contributed by atoms with van der Waals surface area (Å²) >= 11 is 0. The van der Waals surface area contributed by atoms with Crippen molar-refractivity contribution in [1.82, 2.24) is 9.96 Å². The lowest BCUT2D eigenvalue weighted by molar-refractivity contribution is -0.331. The highest BCUT2D eigenvalue weighted by Crippen LogP contribution is 2.48. The Hall–Kier alpha value is -0.900. The van der Waals surface area contributed by atoms with Crippen LogP contribution >= 0.6 is 0 Å². The molecule has 3 rings (SSSR count). The summed E-state index contributed by atoms with van der Waals surface area (Å²) in [7, 11) is 0. The van der Waals surface area contributed by atoms with Gasteiger partial charge in [-0.25, -0.2) is 0 Å². The molecule has 2 aliphatic heterocycles. The molecule has 0 aliphatic carbocycles. The van der Waals surface area contributed by atoms with E-state index >= 15 is 0 Å². The molecule has 0 spiro atoms. The van der Waals surface area contributed by atoms with Crippen molar-refractivity contribution in [2.75, 3.05) is 13.1 Å². The molecule has 3 heteroatoms. The molecule has 152 valence electrons. The Morgan fingerprint density at radius 1 is 1.07 bits per heavy atom. The zero-order valence-electron chi connectivity index (χ0n) is 18.4. The van der Waals surface area contributed by atoms with E-state index in [1.54, 1.807) is 0 Å². The molecule has 2 heterocycles.